The molecule has 8 heteroatoms. The first-order chi connectivity index (χ1) is 19.9. The lowest BCUT2D eigenvalue weighted by molar-refractivity contribution is 0.0596. The van der Waals surface area contributed by atoms with Crippen LogP contribution in [0.15, 0.2) is 119 Å². The summed E-state index contributed by atoms with van der Waals surface area (Å²) in [5.41, 5.74) is 1.94. The number of rotatable bonds is 8. The third-order valence-electron chi connectivity index (χ3n) is 6.95. The first kappa shape index (κ1) is 26.4. The first-order valence-electron chi connectivity index (χ1n) is 12.9. The molecule has 2 aromatic heterocycles. The predicted octanol–water partition coefficient (Wildman–Crippen LogP) is 6.37. The molecule has 0 bridgehead atoms. The number of hydrogen-bond acceptors (Lipinski definition) is 6. The van der Waals surface area contributed by atoms with Crippen molar-refractivity contribution >= 4 is 43.4 Å². The van der Waals surface area contributed by atoms with Crippen molar-refractivity contribution in [2.45, 2.75) is 17.6 Å². The van der Waals surface area contributed by atoms with Crippen LogP contribution in [0.4, 0.5) is 0 Å². The maximum Gasteiger partial charge on any atom is 0.340 e. The number of carbonyl (C=O) groups excluding carboxylic acids is 1. The monoisotopic (exact) mass is 565 g/mol. The van der Waals surface area contributed by atoms with Crippen LogP contribution in [-0.2, 0) is 21.1 Å². The van der Waals surface area contributed by atoms with Gasteiger partial charge < -0.3 is 19.0 Å². The molecule has 7 nitrogen and oxygen atoms in total. The molecule has 0 aliphatic carbocycles. The van der Waals surface area contributed by atoms with Crippen LogP contribution in [0.1, 0.15) is 33.5 Å². The van der Waals surface area contributed by atoms with Gasteiger partial charge in [-0.1, -0.05) is 72.8 Å². The largest absolute Gasteiger partial charge is 0.488 e. The van der Waals surface area contributed by atoms with Gasteiger partial charge in [0, 0.05) is 10.3 Å². The number of fused-ring (bicyclic) bond motifs is 2. The van der Waals surface area contributed by atoms with Crippen molar-refractivity contribution in [3.05, 3.63) is 132 Å². The maximum atomic E-state index is 14.7. The van der Waals surface area contributed by atoms with Gasteiger partial charge in [-0.3, -0.25) is 3.97 Å². The van der Waals surface area contributed by atoms with Crippen molar-refractivity contribution in [2.24, 2.45) is 0 Å². The minimum atomic E-state index is -3.33. The summed E-state index contributed by atoms with van der Waals surface area (Å²) in [6.45, 7) is 0.228. The number of esters is 1. The van der Waals surface area contributed by atoms with E-state index >= 15 is 0 Å². The standard InChI is InChI=1S/C33H27NO6S/c1-38-33(36)30-29-25(17-11-19-27(29)39-21-22-12-5-3-6-13-22)34(41(2,37)24-15-7-4-8-16-24)31(30)32(35)28-20-23-14-9-10-18-26(23)40-28/h3-20,32,35H,2,21H2,1H3. The third-order valence-corrected chi connectivity index (χ3v) is 8.95. The summed E-state index contributed by atoms with van der Waals surface area (Å²) in [6, 6.07) is 32.6. The first-order valence-corrected chi connectivity index (χ1v) is 14.6. The lowest BCUT2D eigenvalue weighted by Crippen LogP contribution is -2.20. The molecule has 0 radical (unpaired) electrons. The highest BCUT2D eigenvalue weighted by atomic mass is 32.2. The highest BCUT2D eigenvalue weighted by Gasteiger charge is 2.35. The van der Waals surface area contributed by atoms with Crippen LogP contribution in [0.2, 0.25) is 0 Å². The Morgan fingerprint density at radius 3 is 2.34 bits per heavy atom. The Bertz CT molecular complexity index is 1940. The van der Waals surface area contributed by atoms with Crippen molar-refractivity contribution in [2.75, 3.05) is 7.11 Å². The minimum Gasteiger partial charge on any atom is -0.488 e. The Kier molecular flexibility index (Phi) is 6.86. The summed E-state index contributed by atoms with van der Waals surface area (Å²) in [6.07, 6.45) is -1.49. The molecular formula is C33H27NO6S. The number of aliphatic hydroxyl groups excluding tert-OH is 1. The summed E-state index contributed by atoms with van der Waals surface area (Å²) >= 11 is 0. The van der Waals surface area contributed by atoms with Gasteiger partial charge in [0.05, 0.1) is 39.0 Å². The van der Waals surface area contributed by atoms with E-state index in [0.717, 1.165) is 10.9 Å². The van der Waals surface area contributed by atoms with Gasteiger partial charge >= 0.3 is 5.97 Å². The van der Waals surface area contributed by atoms with Crippen LogP contribution in [0, 0.1) is 0 Å². The average Bonchev–Trinajstić information content (AvgIpc) is 3.61. The Balaban J connectivity index is 1.65. The molecule has 0 aliphatic rings. The fraction of sp³-hybridized carbons (Fsp3) is 0.0909. The zero-order valence-electron chi connectivity index (χ0n) is 22.2. The van der Waals surface area contributed by atoms with Crippen LogP contribution in [0.5, 0.6) is 5.75 Å². The normalized spacial score (nSPS) is 13.6. The number of carbonyl (C=O) groups is 1. The molecule has 1 N–H and O–H groups in total. The lowest BCUT2D eigenvalue weighted by Gasteiger charge is -2.19. The Labute approximate surface area is 237 Å². The second kappa shape index (κ2) is 10.6. The van der Waals surface area contributed by atoms with Crippen molar-refractivity contribution in [3.63, 3.8) is 0 Å². The fourth-order valence-electron chi connectivity index (χ4n) is 5.04. The van der Waals surface area contributed by atoms with Crippen molar-refractivity contribution < 1.29 is 28.0 Å². The average molecular weight is 566 g/mol. The zero-order valence-corrected chi connectivity index (χ0v) is 23.0. The summed E-state index contributed by atoms with van der Waals surface area (Å²) in [5.74, 6) is 3.94. The van der Waals surface area contributed by atoms with Crippen LogP contribution in [0.25, 0.3) is 21.9 Å². The highest BCUT2D eigenvalue weighted by Crippen LogP contribution is 2.42. The molecule has 0 aliphatic heterocycles. The van der Waals surface area contributed by atoms with E-state index < -0.39 is 21.8 Å². The molecule has 4 aromatic carbocycles. The summed E-state index contributed by atoms with van der Waals surface area (Å²) in [7, 11) is -2.07. The Morgan fingerprint density at radius 2 is 1.63 bits per heavy atom. The molecule has 6 aromatic rings. The van der Waals surface area contributed by atoms with Crippen LogP contribution >= 0.6 is 0 Å². The molecule has 206 valence electrons. The predicted molar refractivity (Wildman–Crippen MR) is 160 cm³/mol. The van der Waals surface area contributed by atoms with Crippen molar-refractivity contribution in [3.8, 4) is 5.75 Å². The summed E-state index contributed by atoms with van der Waals surface area (Å²) < 4.78 is 33.5. The van der Waals surface area contributed by atoms with E-state index in [0.29, 0.717) is 27.1 Å². The highest BCUT2D eigenvalue weighted by molar-refractivity contribution is 7.99. The van der Waals surface area contributed by atoms with Gasteiger partial charge in [-0.15, -0.1) is 0 Å². The van der Waals surface area contributed by atoms with Gasteiger partial charge in [-0.25, -0.2) is 9.00 Å². The van der Waals surface area contributed by atoms with E-state index in [4.69, 9.17) is 13.9 Å². The van der Waals surface area contributed by atoms with Gasteiger partial charge in [0.2, 0.25) is 0 Å². The van der Waals surface area contributed by atoms with E-state index in [1.54, 1.807) is 54.6 Å². The molecule has 0 saturated carbocycles. The molecule has 6 rings (SSSR count). The Hall–Kier alpha value is -4.79. The summed E-state index contributed by atoms with van der Waals surface area (Å²) in [5, 5.41) is 13.0. The van der Waals surface area contributed by atoms with E-state index in [-0.39, 0.29) is 23.6 Å². The van der Waals surface area contributed by atoms with Crippen LogP contribution in [-0.4, -0.2) is 32.2 Å². The number of nitrogens with zero attached hydrogens (tertiary/aromatic N) is 1. The van der Waals surface area contributed by atoms with Crippen LogP contribution < -0.4 is 4.74 Å². The molecule has 41 heavy (non-hydrogen) atoms. The SMILES string of the molecule is C=S(=O)(c1ccccc1)n1c(C(O)c2cc3ccccc3o2)c(C(=O)OC)c2c(OCc3ccccc3)cccc21. The molecule has 2 atom stereocenters. The second-order valence-corrected chi connectivity index (χ2v) is 11.6. The smallest absolute Gasteiger partial charge is 0.340 e. The lowest BCUT2D eigenvalue weighted by atomic mass is 10.1. The second-order valence-electron chi connectivity index (χ2n) is 9.51. The molecule has 0 spiro atoms. The van der Waals surface area contributed by atoms with Gasteiger partial charge in [-0.2, -0.15) is 0 Å². The fourth-order valence-corrected chi connectivity index (χ4v) is 6.81. The minimum absolute atomic E-state index is 0.0198. The van der Waals surface area contributed by atoms with Gasteiger partial charge in [0.25, 0.3) is 0 Å². The number of aliphatic hydroxyl groups is 1. The number of aromatic nitrogens is 1. The zero-order chi connectivity index (χ0) is 28.6. The number of furan rings is 1. The van der Waals surface area contributed by atoms with Crippen molar-refractivity contribution in [1.82, 2.24) is 3.97 Å². The van der Waals surface area contributed by atoms with Crippen LogP contribution in [0.3, 0.4) is 0 Å². The van der Waals surface area contributed by atoms with E-state index in [1.807, 2.05) is 54.6 Å². The number of methoxy groups -OCH3 is 1. The molecular weight excluding hydrogens is 538 g/mol. The molecule has 0 saturated heterocycles. The molecule has 0 fully saturated rings. The number of para-hydroxylation sites is 1. The van der Waals surface area contributed by atoms with Gasteiger partial charge in [-0.05, 0) is 47.8 Å². The molecule has 2 unspecified atom stereocenters. The van der Waals surface area contributed by atoms with Gasteiger partial charge in [0.15, 0.2) is 6.10 Å². The van der Waals surface area contributed by atoms with E-state index in [9.17, 15) is 14.1 Å². The van der Waals surface area contributed by atoms with E-state index in [1.165, 1.54) is 11.1 Å². The summed E-state index contributed by atoms with van der Waals surface area (Å²) in [4.78, 5) is 13.9. The quantitative estimate of drug-likeness (QED) is 0.170. The molecule has 2 heterocycles. The number of ether oxygens (including phenoxy) is 2. The van der Waals surface area contributed by atoms with Gasteiger partial charge in [0.1, 0.15) is 23.7 Å². The topological polar surface area (TPSA) is 90.9 Å². The Morgan fingerprint density at radius 1 is 0.951 bits per heavy atom. The van der Waals surface area contributed by atoms with Crippen molar-refractivity contribution in [1.29, 1.82) is 0 Å². The van der Waals surface area contributed by atoms with E-state index in [2.05, 4.69) is 5.87 Å². The third kappa shape index (κ3) is 4.67. The maximum absolute atomic E-state index is 14.7. The molecule has 0 amide bonds. The number of benzene rings is 4. The number of hydrogen-bond donors (Lipinski definition) is 1.